The van der Waals surface area contributed by atoms with Crippen molar-refractivity contribution in [1.82, 2.24) is 14.9 Å². The predicted molar refractivity (Wildman–Crippen MR) is 124 cm³/mol. The van der Waals surface area contributed by atoms with E-state index in [-0.39, 0.29) is 24.0 Å². The summed E-state index contributed by atoms with van der Waals surface area (Å²) in [6.07, 6.45) is 4.92. The van der Waals surface area contributed by atoms with Crippen LogP contribution in [0.4, 0.5) is 0 Å². The molecule has 0 fully saturated rings. The molecule has 7 rings (SSSR count). The van der Waals surface area contributed by atoms with E-state index >= 15 is 0 Å². The van der Waals surface area contributed by atoms with Gasteiger partial charge in [0, 0.05) is 39.0 Å². The molecule has 6 nitrogen and oxygen atoms in total. The Hall–Kier alpha value is -3.68. The van der Waals surface area contributed by atoms with Gasteiger partial charge in [-0.05, 0) is 12.1 Å². The molecule has 0 spiro atoms. The molecule has 1 aliphatic carbocycles. The van der Waals surface area contributed by atoms with Crippen molar-refractivity contribution in [3.05, 3.63) is 71.8 Å². The van der Waals surface area contributed by atoms with Gasteiger partial charge in [0.25, 0.3) is 11.8 Å². The third-order valence-corrected chi connectivity index (χ3v) is 7.09. The van der Waals surface area contributed by atoms with Crippen LogP contribution in [0, 0.1) is 0 Å². The maximum atomic E-state index is 13.1. The van der Waals surface area contributed by atoms with Crippen LogP contribution in [0.15, 0.2) is 60.7 Å². The van der Waals surface area contributed by atoms with Crippen LogP contribution in [0.5, 0.6) is 0 Å². The Bertz CT molecular complexity index is 1680. The molecule has 5 aromatic rings. The fourth-order valence-corrected chi connectivity index (χ4v) is 5.72. The summed E-state index contributed by atoms with van der Waals surface area (Å²) in [4.78, 5) is 29.6. The summed E-state index contributed by atoms with van der Waals surface area (Å²) >= 11 is 0. The van der Waals surface area contributed by atoms with Crippen molar-refractivity contribution in [2.45, 2.75) is 18.6 Å². The summed E-state index contributed by atoms with van der Waals surface area (Å²) < 4.78 is 7.67. The highest BCUT2D eigenvalue weighted by atomic mass is 28.2. The Morgan fingerprint density at radius 3 is 2.41 bits per heavy atom. The van der Waals surface area contributed by atoms with Crippen LogP contribution in [0.3, 0.4) is 0 Å². The number of rotatable bonds is 2. The Kier molecular flexibility index (Phi) is 3.47. The SMILES string of the molecule is O=C1NC(=O)c2c1c1c3ccccc3[nH]c1c1c2c2ccccc2n1C1C=CC(O[Si])C1. The highest BCUT2D eigenvalue weighted by Gasteiger charge is 2.36. The Morgan fingerprint density at radius 1 is 0.906 bits per heavy atom. The van der Waals surface area contributed by atoms with Gasteiger partial charge in [0.2, 0.25) is 10.5 Å². The second-order valence-electron chi connectivity index (χ2n) is 8.41. The molecule has 2 amide bonds. The Labute approximate surface area is 185 Å². The van der Waals surface area contributed by atoms with E-state index in [2.05, 4.69) is 37.5 Å². The molecule has 2 atom stereocenters. The first-order chi connectivity index (χ1) is 15.7. The molecule has 0 saturated heterocycles. The molecule has 7 heteroatoms. The predicted octanol–water partition coefficient (Wildman–Crippen LogP) is 4.28. The molecule has 2 aliphatic rings. The van der Waals surface area contributed by atoms with Crippen LogP contribution in [0.1, 0.15) is 33.2 Å². The third-order valence-electron chi connectivity index (χ3n) is 6.79. The lowest BCUT2D eigenvalue weighted by Crippen LogP contribution is -2.20. The van der Waals surface area contributed by atoms with Crippen molar-refractivity contribution < 1.29 is 14.0 Å². The molecule has 3 aromatic carbocycles. The number of nitrogens with zero attached hydrogens (tertiary/aromatic N) is 1. The number of amides is 2. The molecule has 3 heterocycles. The molecule has 1 aliphatic heterocycles. The smallest absolute Gasteiger partial charge is 0.259 e. The van der Waals surface area contributed by atoms with Crippen LogP contribution in [0.25, 0.3) is 43.6 Å². The average molecular weight is 435 g/mol. The van der Waals surface area contributed by atoms with E-state index in [0.717, 1.165) is 50.0 Å². The van der Waals surface area contributed by atoms with Crippen molar-refractivity contribution >= 4 is 65.9 Å². The monoisotopic (exact) mass is 434 g/mol. The number of hydrogen-bond acceptors (Lipinski definition) is 3. The fourth-order valence-electron chi connectivity index (χ4n) is 5.54. The first-order valence-electron chi connectivity index (χ1n) is 10.5. The van der Waals surface area contributed by atoms with Gasteiger partial charge in [-0.15, -0.1) is 0 Å². The summed E-state index contributed by atoms with van der Waals surface area (Å²) in [5.41, 5.74) is 4.69. The second kappa shape index (κ2) is 6.18. The van der Waals surface area contributed by atoms with E-state index in [1.165, 1.54) is 0 Å². The van der Waals surface area contributed by atoms with Gasteiger partial charge in [-0.2, -0.15) is 0 Å². The normalized spacial score (nSPS) is 20.3. The summed E-state index contributed by atoms with van der Waals surface area (Å²) in [6, 6.07) is 16.0. The number of allylic oxidation sites excluding steroid dienone is 1. The van der Waals surface area contributed by atoms with Crippen molar-refractivity contribution in [3.8, 4) is 0 Å². The minimum absolute atomic E-state index is 0.0367. The van der Waals surface area contributed by atoms with Gasteiger partial charge in [0.15, 0.2) is 0 Å². The minimum Gasteiger partial charge on any atom is -0.412 e. The number of carbonyl (C=O) groups excluding carboxylic acids is 2. The van der Waals surface area contributed by atoms with E-state index < -0.39 is 0 Å². The second-order valence-corrected chi connectivity index (χ2v) is 8.64. The van der Waals surface area contributed by atoms with Gasteiger partial charge in [0.1, 0.15) is 0 Å². The maximum absolute atomic E-state index is 13.1. The lowest BCUT2D eigenvalue weighted by molar-refractivity contribution is 0.0880. The van der Waals surface area contributed by atoms with Gasteiger partial charge in [-0.3, -0.25) is 14.9 Å². The first kappa shape index (κ1) is 17.9. The Morgan fingerprint density at radius 2 is 1.62 bits per heavy atom. The van der Waals surface area contributed by atoms with Crippen LogP contribution in [-0.4, -0.2) is 38.0 Å². The highest BCUT2D eigenvalue weighted by Crippen LogP contribution is 2.45. The summed E-state index contributed by atoms with van der Waals surface area (Å²) in [6.45, 7) is 0. The number of fused-ring (bicyclic) bond motifs is 10. The van der Waals surface area contributed by atoms with Crippen molar-refractivity contribution in [2.24, 2.45) is 0 Å². The third kappa shape index (κ3) is 2.11. The highest BCUT2D eigenvalue weighted by molar-refractivity contribution is 6.39. The molecule has 2 aromatic heterocycles. The zero-order chi connectivity index (χ0) is 21.6. The van der Waals surface area contributed by atoms with Gasteiger partial charge in [-0.1, -0.05) is 48.6 Å². The zero-order valence-corrected chi connectivity index (χ0v) is 17.8. The number of aromatic nitrogens is 2. The van der Waals surface area contributed by atoms with Crippen LogP contribution < -0.4 is 5.32 Å². The number of H-pyrrole nitrogens is 1. The summed E-state index contributed by atoms with van der Waals surface area (Å²) in [7, 11) is 3.18. The zero-order valence-electron chi connectivity index (χ0n) is 16.8. The van der Waals surface area contributed by atoms with E-state index in [4.69, 9.17) is 4.43 Å². The molecular weight excluding hydrogens is 418 g/mol. The van der Waals surface area contributed by atoms with Gasteiger partial charge >= 0.3 is 0 Å². The van der Waals surface area contributed by atoms with Crippen molar-refractivity contribution in [3.63, 3.8) is 0 Å². The standard InChI is InChI=1S/C25H16N3O3Si/c29-24-20-18-14-5-1-3-7-16(14)26-22(18)23-19(21(20)25(30)27-24)15-6-2-4-8-17(15)28(23)12-9-10-13(11-12)31-32/h1-10,12-13,26H,11H2,(H,27,29,30). The quantitative estimate of drug-likeness (QED) is 0.247. The molecule has 0 bridgehead atoms. The van der Waals surface area contributed by atoms with Gasteiger partial charge in [-0.25, -0.2) is 0 Å². The number of para-hydroxylation sites is 2. The summed E-state index contributed by atoms with van der Waals surface area (Å²) in [5.74, 6) is -0.680. The van der Waals surface area contributed by atoms with Gasteiger partial charge < -0.3 is 14.0 Å². The maximum Gasteiger partial charge on any atom is 0.259 e. The number of nitrogens with one attached hydrogen (secondary N) is 2. The Balaban J connectivity index is 1.76. The largest absolute Gasteiger partial charge is 0.412 e. The lowest BCUT2D eigenvalue weighted by Gasteiger charge is -2.17. The number of benzene rings is 3. The molecule has 0 saturated carbocycles. The molecule has 3 radical (unpaired) electrons. The summed E-state index contributed by atoms with van der Waals surface area (Å²) in [5, 5.41) is 6.04. The first-order valence-corrected chi connectivity index (χ1v) is 10.9. The fraction of sp³-hybridized carbons (Fsp3) is 0.120. The van der Waals surface area contributed by atoms with Crippen molar-refractivity contribution in [1.29, 1.82) is 0 Å². The van der Waals surface area contributed by atoms with Crippen molar-refractivity contribution in [2.75, 3.05) is 0 Å². The number of hydrogen-bond donors (Lipinski definition) is 2. The molecular formula is C25H16N3O3Si. The van der Waals surface area contributed by atoms with E-state index in [9.17, 15) is 9.59 Å². The minimum atomic E-state index is -0.341. The number of aromatic amines is 1. The van der Waals surface area contributed by atoms with E-state index in [1.807, 2.05) is 48.5 Å². The number of carbonyl (C=O) groups is 2. The molecule has 32 heavy (non-hydrogen) atoms. The lowest BCUT2D eigenvalue weighted by atomic mass is 9.96. The molecule has 2 unspecified atom stereocenters. The van der Waals surface area contributed by atoms with Crippen LogP contribution in [-0.2, 0) is 4.43 Å². The molecule has 153 valence electrons. The average Bonchev–Trinajstić information content (AvgIpc) is 3.55. The van der Waals surface area contributed by atoms with Gasteiger partial charge in [0.05, 0.1) is 34.3 Å². The van der Waals surface area contributed by atoms with Crippen LogP contribution >= 0.6 is 0 Å². The van der Waals surface area contributed by atoms with E-state index in [1.54, 1.807) is 0 Å². The van der Waals surface area contributed by atoms with Crippen LogP contribution in [0.2, 0.25) is 0 Å². The van der Waals surface area contributed by atoms with E-state index in [0.29, 0.717) is 11.1 Å². The molecule has 2 N–H and O–H groups in total. The number of imide groups is 1. The topological polar surface area (TPSA) is 76.1 Å².